The van der Waals surface area contributed by atoms with Gasteiger partial charge in [-0.1, -0.05) is 18.2 Å². The Morgan fingerprint density at radius 2 is 1.79 bits per heavy atom. The average molecular weight is 544 g/mol. The van der Waals surface area contributed by atoms with Gasteiger partial charge in [0, 0.05) is 55.6 Å². The fraction of sp³-hybridized carbons (Fsp3) is 0.483. The van der Waals surface area contributed by atoms with Gasteiger partial charge in [-0.15, -0.1) is 5.10 Å². The number of alkyl halides is 3. The van der Waals surface area contributed by atoms with Crippen LogP contribution < -0.4 is 10.2 Å². The Morgan fingerprint density at radius 1 is 1.03 bits per heavy atom. The van der Waals surface area contributed by atoms with Gasteiger partial charge in [0.05, 0.1) is 17.9 Å². The first kappa shape index (κ1) is 28.6. The van der Waals surface area contributed by atoms with Crippen molar-refractivity contribution in [3.63, 3.8) is 0 Å². The number of anilines is 2. The van der Waals surface area contributed by atoms with E-state index in [9.17, 15) is 18.0 Å². The van der Waals surface area contributed by atoms with Crippen molar-refractivity contribution in [2.24, 2.45) is 0 Å². The minimum Gasteiger partial charge on any atom is -0.466 e. The van der Waals surface area contributed by atoms with E-state index in [-0.39, 0.29) is 18.1 Å². The summed E-state index contributed by atoms with van der Waals surface area (Å²) in [5, 5.41) is 13.7. The Morgan fingerprint density at radius 3 is 2.51 bits per heavy atom. The van der Waals surface area contributed by atoms with Crippen LogP contribution in [0, 0.1) is 13.8 Å². The van der Waals surface area contributed by atoms with Crippen molar-refractivity contribution in [2.75, 3.05) is 49.5 Å². The highest BCUT2D eigenvalue weighted by Gasteiger charge is 2.32. The Hall–Kier alpha value is -3.40. The van der Waals surface area contributed by atoms with E-state index < -0.39 is 11.7 Å². The molecule has 2 heterocycles. The van der Waals surface area contributed by atoms with E-state index in [4.69, 9.17) is 4.74 Å². The maximum absolute atomic E-state index is 13.4. The van der Waals surface area contributed by atoms with E-state index in [1.807, 2.05) is 19.9 Å². The van der Waals surface area contributed by atoms with Gasteiger partial charge in [0.25, 0.3) is 0 Å². The second-order valence-corrected chi connectivity index (χ2v) is 9.90. The number of aryl methyl sites for hydroxylation is 1. The molecule has 0 spiro atoms. The molecule has 10 heteroatoms. The summed E-state index contributed by atoms with van der Waals surface area (Å²) in [6, 6.07) is 10.5. The highest BCUT2D eigenvalue weighted by molar-refractivity contribution is 5.95. The lowest BCUT2D eigenvalue weighted by atomic mass is 10.0. The standard InChI is InChI=1S/C29H36F3N5O2/c1-4-39-27(38)10-5-6-13-36-14-16-37(17-15-36)23-11-12-24-21(3)34-35-28(25(24)18-23)33-19-22-8-7-9-26(20(22)2)29(30,31)32/h7-9,11-12,18H,4-6,10,13-17,19H2,1-3H3,(H,33,35). The Kier molecular flexibility index (Phi) is 9.27. The number of unbranched alkanes of at least 4 members (excludes halogenated alkanes) is 1. The number of nitrogens with one attached hydrogen (secondary N) is 1. The largest absolute Gasteiger partial charge is 0.466 e. The summed E-state index contributed by atoms with van der Waals surface area (Å²) < 4.78 is 45.1. The molecular weight excluding hydrogens is 507 g/mol. The maximum Gasteiger partial charge on any atom is 0.416 e. The zero-order chi connectivity index (χ0) is 28.0. The summed E-state index contributed by atoms with van der Waals surface area (Å²) >= 11 is 0. The number of rotatable bonds is 10. The molecule has 1 aliphatic rings. The monoisotopic (exact) mass is 543 g/mol. The van der Waals surface area contributed by atoms with E-state index in [0.29, 0.717) is 24.4 Å². The number of piperazine rings is 1. The zero-order valence-electron chi connectivity index (χ0n) is 22.8. The molecule has 0 radical (unpaired) electrons. The molecule has 3 aromatic rings. The molecule has 210 valence electrons. The Balaban J connectivity index is 1.41. The van der Waals surface area contributed by atoms with Crippen LogP contribution in [0.3, 0.4) is 0 Å². The summed E-state index contributed by atoms with van der Waals surface area (Å²) in [6.45, 7) is 10.4. The number of nitrogens with zero attached hydrogens (tertiary/aromatic N) is 4. The molecule has 0 saturated carbocycles. The predicted molar refractivity (Wildman–Crippen MR) is 147 cm³/mol. The van der Waals surface area contributed by atoms with Crippen LogP contribution in [0.4, 0.5) is 24.7 Å². The SMILES string of the molecule is CCOC(=O)CCCCN1CCN(c2ccc3c(C)nnc(NCc4cccc(C(F)(F)F)c4C)c3c2)CC1. The molecule has 1 N–H and O–H groups in total. The van der Waals surface area contributed by atoms with Crippen molar-refractivity contribution in [2.45, 2.75) is 52.8 Å². The molecule has 7 nitrogen and oxygen atoms in total. The van der Waals surface area contributed by atoms with Crippen molar-refractivity contribution in [1.29, 1.82) is 0 Å². The van der Waals surface area contributed by atoms with E-state index in [1.54, 1.807) is 6.07 Å². The molecule has 0 aliphatic carbocycles. The van der Waals surface area contributed by atoms with Crippen LogP contribution >= 0.6 is 0 Å². The third kappa shape index (κ3) is 7.17. The van der Waals surface area contributed by atoms with Crippen molar-refractivity contribution < 1.29 is 22.7 Å². The third-order valence-electron chi connectivity index (χ3n) is 7.29. The highest BCUT2D eigenvalue weighted by Crippen LogP contribution is 2.34. The zero-order valence-corrected chi connectivity index (χ0v) is 22.8. The summed E-state index contributed by atoms with van der Waals surface area (Å²) in [7, 11) is 0. The summed E-state index contributed by atoms with van der Waals surface area (Å²) in [5.74, 6) is 0.423. The molecule has 0 unspecified atom stereocenters. The van der Waals surface area contributed by atoms with Crippen LogP contribution in [0.2, 0.25) is 0 Å². The first-order valence-electron chi connectivity index (χ1n) is 13.5. The van der Waals surface area contributed by atoms with Gasteiger partial charge in [-0.05, 0) is 69.5 Å². The molecular formula is C29H36F3N5O2. The van der Waals surface area contributed by atoms with E-state index in [0.717, 1.165) is 73.8 Å². The van der Waals surface area contributed by atoms with Gasteiger partial charge in [-0.25, -0.2) is 0 Å². The first-order chi connectivity index (χ1) is 18.7. The number of ether oxygens (including phenoxy) is 1. The second kappa shape index (κ2) is 12.6. The van der Waals surface area contributed by atoms with Gasteiger partial charge in [0.1, 0.15) is 0 Å². The molecule has 1 aromatic heterocycles. The smallest absolute Gasteiger partial charge is 0.416 e. The molecule has 1 aliphatic heterocycles. The molecule has 0 amide bonds. The fourth-order valence-electron chi connectivity index (χ4n) is 5.03. The summed E-state index contributed by atoms with van der Waals surface area (Å²) in [5.41, 5.74) is 2.03. The first-order valence-corrected chi connectivity index (χ1v) is 13.5. The van der Waals surface area contributed by atoms with Crippen molar-refractivity contribution in [3.8, 4) is 0 Å². The van der Waals surface area contributed by atoms with Crippen molar-refractivity contribution >= 4 is 28.2 Å². The lowest BCUT2D eigenvalue weighted by Gasteiger charge is -2.36. The topological polar surface area (TPSA) is 70.6 Å². The molecule has 2 aromatic carbocycles. The van der Waals surface area contributed by atoms with E-state index in [2.05, 4.69) is 37.4 Å². The van der Waals surface area contributed by atoms with Gasteiger partial charge < -0.3 is 15.0 Å². The van der Waals surface area contributed by atoms with E-state index >= 15 is 0 Å². The molecule has 4 rings (SSSR count). The molecule has 0 bridgehead atoms. The molecule has 39 heavy (non-hydrogen) atoms. The number of hydrogen-bond acceptors (Lipinski definition) is 7. The van der Waals surface area contributed by atoms with Crippen molar-refractivity contribution in [1.82, 2.24) is 15.1 Å². The summed E-state index contributed by atoms with van der Waals surface area (Å²) in [6.07, 6.45) is -2.12. The van der Waals surface area contributed by atoms with Crippen molar-refractivity contribution in [3.05, 3.63) is 58.8 Å². The Bertz CT molecular complexity index is 1290. The average Bonchev–Trinajstić information content (AvgIpc) is 2.91. The molecule has 1 fully saturated rings. The normalized spacial score (nSPS) is 14.6. The van der Waals surface area contributed by atoms with E-state index in [1.165, 1.54) is 13.0 Å². The number of carbonyl (C=O) groups is 1. The number of carbonyl (C=O) groups excluding carboxylic acids is 1. The lowest BCUT2D eigenvalue weighted by Crippen LogP contribution is -2.46. The number of aromatic nitrogens is 2. The second-order valence-electron chi connectivity index (χ2n) is 9.90. The van der Waals surface area contributed by atoms with Crippen LogP contribution in [-0.4, -0.2) is 60.4 Å². The van der Waals surface area contributed by atoms with Gasteiger partial charge in [0.15, 0.2) is 5.82 Å². The number of halogens is 3. The minimum absolute atomic E-state index is 0.127. The van der Waals surface area contributed by atoms with Gasteiger partial charge in [-0.3, -0.25) is 9.69 Å². The Labute approximate surface area is 227 Å². The third-order valence-corrected chi connectivity index (χ3v) is 7.29. The maximum atomic E-state index is 13.4. The number of benzene rings is 2. The minimum atomic E-state index is -4.39. The van der Waals surface area contributed by atoms with Crippen LogP contribution in [-0.2, 0) is 22.3 Å². The molecule has 0 atom stereocenters. The van der Waals surface area contributed by atoms with Crippen LogP contribution in [0.1, 0.15) is 48.6 Å². The highest BCUT2D eigenvalue weighted by atomic mass is 19.4. The predicted octanol–water partition coefficient (Wildman–Crippen LogP) is 5.73. The van der Waals surface area contributed by atoms with Crippen LogP contribution in [0.15, 0.2) is 36.4 Å². The lowest BCUT2D eigenvalue weighted by molar-refractivity contribution is -0.143. The number of hydrogen-bond donors (Lipinski definition) is 1. The number of esters is 1. The quantitative estimate of drug-likeness (QED) is 0.259. The summed E-state index contributed by atoms with van der Waals surface area (Å²) in [4.78, 5) is 16.3. The van der Waals surface area contributed by atoms with Crippen LogP contribution in [0.25, 0.3) is 10.8 Å². The number of fused-ring (bicyclic) bond motifs is 1. The van der Waals surface area contributed by atoms with Crippen LogP contribution in [0.5, 0.6) is 0 Å². The van der Waals surface area contributed by atoms with Gasteiger partial charge >= 0.3 is 12.1 Å². The van der Waals surface area contributed by atoms with Gasteiger partial charge in [0.2, 0.25) is 0 Å². The molecule has 1 saturated heterocycles. The fourth-order valence-corrected chi connectivity index (χ4v) is 5.03. The van der Waals surface area contributed by atoms with Gasteiger partial charge in [-0.2, -0.15) is 18.3 Å².